The number of rotatable bonds is 9. The number of benzene rings is 10. The molecule has 0 atom stereocenters. The zero-order chi connectivity index (χ0) is 43.8. The van der Waals surface area contributed by atoms with Gasteiger partial charge in [0.2, 0.25) is 5.89 Å². The molecule has 0 saturated heterocycles. The minimum absolute atomic E-state index is 0.640. The van der Waals surface area contributed by atoms with Crippen LogP contribution in [0, 0.1) is 0 Å². The van der Waals surface area contributed by atoms with E-state index < -0.39 is 0 Å². The largest absolute Gasteiger partial charge is 0.436 e. The number of anilines is 3. The second kappa shape index (κ2) is 16.7. The molecule has 0 aliphatic heterocycles. The first-order valence-electron chi connectivity index (χ1n) is 22.5. The lowest BCUT2D eigenvalue weighted by molar-refractivity contribution is 0.620. The molecule has 0 bridgehead atoms. The van der Waals surface area contributed by atoms with Crippen molar-refractivity contribution < 1.29 is 4.42 Å². The van der Waals surface area contributed by atoms with E-state index in [2.05, 4.69) is 211 Å². The molecule has 1 aliphatic carbocycles. The molecule has 0 spiro atoms. The molecule has 0 radical (unpaired) electrons. The smallest absolute Gasteiger partial charge is 0.227 e. The Morgan fingerprint density at radius 3 is 1.70 bits per heavy atom. The normalized spacial score (nSPS) is 12.2. The first kappa shape index (κ1) is 38.9. The number of oxazole rings is 1. The van der Waals surface area contributed by atoms with E-state index in [1.807, 2.05) is 42.5 Å². The Bertz CT molecular complexity index is 3690. The molecule has 0 fully saturated rings. The summed E-state index contributed by atoms with van der Waals surface area (Å²) in [6.45, 7) is 0. The summed E-state index contributed by atoms with van der Waals surface area (Å²) >= 11 is 0. The Labute approximate surface area is 384 Å². The van der Waals surface area contributed by atoms with Crippen molar-refractivity contribution in [1.82, 2.24) is 4.98 Å². The maximum absolute atomic E-state index is 6.15. The molecule has 66 heavy (non-hydrogen) atoms. The van der Waals surface area contributed by atoms with Crippen LogP contribution in [0.25, 0.3) is 94.2 Å². The van der Waals surface area contributed by atoms with Gasteiger partial charge in [-0.15, -0.1) is 5.73 Å². The van der Waals surface area contributed by atoms with Crippen LogP contribution < -0.4 is 4.90 Å². The van der Waals surface area contributed by atoms with Gasteiger partial charge in [0, 0.05) is 27.9 Å². The number of aromatic nitrogens is 1. The average molecular weight is 843 g/mol. The SMILES string of the molecule is C1=CC=C(c2ccccc2N(c2cccc(-c3ccc(-c4ccccc4)cc3)c2)c2ccc3cc(-c4ccc(-c5ccc6c(ccc7oc(-c8ccccc8)nc76)c5)cc4)ccc3c2)CC=1. The Hall–Kier alpha value is -8.75. The van der Waals surface area contributed by atoms with Crippen LogP contribution in [0.3, 0.4) is 0 Å². The maximum Gasteiger partial charge on any atom is 0.227 e. The third kappa shape index (κ3) is 7.40. The van der Waals surface area contributed by atoms with E-state index in [9.17, 15) is 0 Å². The Balaban J connectivity index is 0.860. The third-order valence-electron chi connectivity index (χ3n) is 12.8. The van der Waals surface area contributed by atoms with Crippen molar-refractivity contribution in [2.75, 3.05) is 4.90 Å². The highest BCUT2D eigenvalue weighted by Crippen LogP contribution is 2.43. The van der Waals surface area contributed by atoms with E-state index in [1.54, 1.807) is 0 Å². The molecule has 10 aromatic carbocycles. The average Bonchev–Trinajstić information content (AvgIpc) is 3.85. The molecule has 3 heteroatoms. The van der Waals surface area contributed by atoms with Crippen molar-refractivity contribution >= 4 is 55.3 Å². The van der Waals surface area contributed by atoms with E-state index in [1.165, 1.54) is 60.9 Å². The number of allylic oxidation sites excluding steroid dienone is 3. The molecule has 12 rings (SSSR count). The van der Waals surface area contributed by atoms with E-state index in [0.717, 1.165) is 56.5 Å². The summed E-state index contributed by atoms with van der Waals surface area (Å²) in [5, 5.41) is 4.59. The van der Waals surface area contributed by atoms with Crippen LogP contribution in [-0.2, 0) is 0 Å². The van der Waals surface area contributed by atoms with E-state index in [4.69, 9.17) is 9.40 Å². The highest BCUT2D eigenvalue weighted by molar-refractivity contribution is 6.05. The lowest BCUT2D eigenvalue weighted by Crippen LogP contribution is -2.12. The Morgan fingerprint density at radius 2 is 0.970 bits per heavy atom. The molecule has 1 heterocycles. The zero-order valence-electron chi connectivity index (χ0n) is 36.1. The fourth-order valence-electron chi connectivity index (χ4n) is 9.34. The van der Waals surface area contributed by atoms with Gasteiger partial charge in [0.15, 0.2) is 5.58 Å². The maximum atomic E-state index is 6.15. The molecule has 1 aromatic heterocycles. The Kier molecular flexibility index (Phi) is 9.87. The summed E-state index contributed by atoms with van der Waals surface area (Å²) in [5.41, 5.74) is 21.2. The predicted molar refractivity (Wildman–Crippen MR) is 276 cm³/mol. The molecular formula is C63H42N2O. The first-order valence-corrected chi connectivity index (χ1v) is 22.5. The minimum atomic E-state index is 0.640. The van der Waals surface area contributed by atoms with Crippen molar-refractivity contribution in [1.29, 1.82) is 0 Å². The zero-order valence-corrected chi connectivity index (χ0v) is 36.1. The van der Waals surface area contributed by atoms with Gasteiger partial charge in [-0.25, -0.2) is 4.98 Å². The number of hydrogen-bond acceptors (Lipinski definition) is 3. The molecule has 310 valence electrons. The summed E-state index contributed by atoms with van der Waals surface area (Å²) in [5.74, 6) is 0.640. The van der Waals surface area contributed by atoms with Gasteiger partial charge < -0.3 is 9.32 Å². The fraction of sp³-hybridized carbons (Fsp3) is 0.0159. The topological polar surface area (TPSA) is 29.3 Å². The Morgan fingerprint density at radius 1 is 0.424 bits per heavy atom. The van der Waals surface area contributed by atoms with Gasteiger partial charge in [-0.05, 0) is 145 Å². The van der Waals surface area contributed by atoms with Crippen LogP contribution in [0.1, 0.15) is 12.0 Å². The molecule has 0 saturated carbocycles. The molecule has 0 N–H and O–H groups in total. The van der Waals surface area contributed by atoms with E-state index in [-0.39, 0.29) is 0 Å². The monoisotopic (exact) mass is 842 g/mol. The number of fused-ring (bicyclic) bond motifs is 4. The van der Waals surface area contributed by atoms with Gasteiger partial charge in [-0.2, -0.15) is 0 Å². The highest BCUT2D eigenvalue weighted by Gasteiger charge is 2.20. The molecule has 3 nitrogen and oxygen atoms in total. The van der Waals surface area contributed by atoms with Gasteiger partial charge in [-0.3, -0.25) is 0 Å². The molecule has 0 amide bonds. The van der Waals surface area contributed by atoms with Crippen molar-refractivity contribution in [2.45, 2.75) is 6.42 Å². The van der Waals surface area contributed by atoms with Crippen LogP contribution in [0.2, 0.25) is 0 Å². The van der Waals surface area contributed by atoms with E-state index >= 15 is 0 Å². The van der Waals surface area contributed by atoms with Crippen LogP contribution in [0.5, 0.6) is 0 Å². The lowest BCUT2D eigenvalue weighted by Gasteiger charge is -2.29. The van der Waals surface area contributed by atoms with Gasteiger partial charge in [0.1, 0.15) is 5.52 Å². The molecule has 0 unspecified atom stereocenters. The number of para-hydroxylation sites is 1. The highest BCUT2D eigenvalue weighted by atomic mass is 16.3. The standard InChI is InChI=1S/C63H42N2O/c1-4-13-43(14-5-1)44-23-25-45(26-24-44)50-19-12-20-56(41-50)65(60-22-11-10-21-58(60)48-15-6-2-7-16-48)57-36-33-53-39-51(31-32-54(53)42-57)46-27-29-47(30-28-46)52-34-37-59-55(40-52)35-38-61-62(59)64-63(66-61)49-17-8-3-9-18-49/h1,3-15,17-42H,16H2. The summed E-state index contributed by atoms with van der Waals surface area (Å²) in [7, 11) is 0. The second-order valence-corrected chi connectivity index (χ2v) is 16.8. The summed E-state index contributed by atoms with van der Waals surface area (Å²) < 4.78 is 6.15. The first-order chi connectivity index (χ1) is 32.7. The van der Waals surface area contributed by atoms with Gasteiger partial charge in [0.05, 0.1) is 5.69 Å². The summed E-state index contributed by atoms with van der Waals surface area (Å²) in [4.78, 5) is 7.30. The van der Waals surface area contributed by atoms with Crippen LogP contribution >= 0.6 is 0 Å². The van der Waals surface area contributed by atoms with Crippen LogP contribution in [0.15, 0.2) is 253 Å². The number of nitrogens with zero attached hydrogens (tertiary/aromatic N) is 2. The summed E-state index contributed by atoms with van der Waals surface area (Å²) in [6, 6.07) is 80.5. The van der Waals surface area contributed by atoms with Crippen molar-refractivity contribution in [2.24, 2.45) is 0 Å². The van der Waals surface area contributed by atoms with Gasteiger partial charge in [-0.1, -0.05) is 170 Å². The fourth-order valence-corrected chi connectivity index (χ4v) is 9.34. The van der Waals surface area contributed by atoms with Gasteiger partial charge in [0.25, 0.3) is 0 Å². The lowest BCUT2D eigenvalue weighted by atomic mass is 9.96. The molecule has 11 aromatic rings. The second-order valence-electron chi connectivity index (χ2n) is 16.8. The van der Waals surface area contributed by atoms with Crippen LogP contribution in [-0.4, -0.2) is 4.98 Å². The van der Waals surface area contributed by atoms with Gasteiger partial charge >= 0.3 is 0 Å². The third-order valence-corrected chi connectivity index (χ3v) is 12.8. The van der Waals surface area contributed by atoms with Crippen molar-refractivity contribution in [3.05, 3.63) is 254 Å². The van der Waals surface area contributed by atoms with E-state index in [0.29, 0.717) is 5.89 Å². The quantitative estimate of drug-likeness (QED) is 0.136. The molecule has 1 aliphatic rings. The summed E-state index contributed by atoms with van der Waals surface area (Å²) in [6.07, 6.45) is 7.15. The number of hydrogen-bond donors (Lipinski definition) is 0. The predicted octanol–water partition coefficient (Wildman–Crippen LogP) is 17.4. The minimum Gasteiger partial charge on any atom is -0.436 e. The van der Waals surface area contributed by atoms with Crippen molar-refractivity contribution in [3.8, 4) is 56.0 Å². The van der Waals surface area contributed by atoms with Crippen LogP contribution in [0.4, 0.5) is 17.1 Å². The molecular weight excluding hydrogens is 801 g/mol. The van der Waals surface area contributed by atoms with Crippen molar-refractivity contribution in [3.63, 3.8) is 0 Å².